The molecule has 0 aliphatic heterocycles. The van der Waals surface area contributed by atoms with E-state index in [9.17, 15) is 13.2 Å². The van der Waals surface area contributed by atoms with Gasteiger partial charge >= 0.3 is 5.97 Å². The second-order valence-electron chi connectivity index (χ2n) is 3.14. The normalized spacial score (nSPS) is 11.0. The fraction of sp³-hybridized carbons (Fsp3) is 0.222. The molecule has 0 heterocycles. The molecule has 0 amide bonds. The van der Waals surface area contributed by atoms with Crippen LogP contribution in [0.5, 0.6) is 0 Å². The molecule has 1 aromatic rings. The Kier molecular flexibility index (Phi) is 3.31. The van der Waals surface area contributed by atoms with Crippen molar-refractivity contribution in [2.75, 3.05) is 11.0 Å². The minimum absolute atomic E-state index is 0.0703. The van der Waals surface area contributed by atoms with E-state index in [1.54, 1.807) is 12.1 Å². The van der Waals surface area contributed by atoms with Crippen LogP contribution in [0.3, 0.4) is 0 Å². The number of hydrogen-bond donors (Lipinski definition) is 2. The summed E-state index contributed by atoms with van der Waals surface area (Å²) < 4.78 is 24.0. The molecule has 0 aromatic heterocycles. The van der Waals surface area contributed by atoms with Crippen LogP contribution in [-0.2, 0) is 21.2 Å². The lowest BCUT2D eigenvalue weighted by atomic mass is 10.1. The predicted octanol–water partition coefficient (Wildman–Crippen LogP) is 0.685. The number of carboxylic acid groups (broad SMARTS) is 1. The van der Waals surface area contributed by atoms with Gasteiger partial charge in [0, 0.05) is 5.69 Å². The highest BCUT2D eigenvalue weighted by molar-refractivity contribution is 7.92. The number of hydrogen-bond acceptors (Lipinski definition) is 3. The van der Waals surface area contributed by atoms with Gasteiger partial charge in [0.2, 0.25) is 10.0 Å². The highest BCUT2D eigenvalue weighted by Gasteiger charge is 2.03. The first-order valence-corrected chi connectivity index (χ1v) is 6.04. The minimum atomic E-state index is -3.28. The Balaban J connectivity index is 2.77. The predicted molar refractivity (Wildman–Crippen MR) is 56.2 cm³/mol. The number of sulfonamides is 1. The Labute approximate surface area is 87.8 Å². The second-order valence-corrected chi connectivity index (χ2v) is 4.89. The molecular formula is C9H11NO4S. The number of carbonyl (C=O) groups is 1. The van der Waals surface area contributed by atoms with Crippen molar-refractivity contribution < 1.29 is 18.3 Å². The quantitative estimate of drug-likeness (QED) is 0.795. The molecule has 0 bridgehead atoms. The van der Waals surface area contributed by atoms with Crippen molar-refractivity contribution >= 4 is 21.7 Å². The molecule has 15 heavy (non-hydrogen) atoms. The zero-order valence-electron chi connectivity index (χ0n) is 8.10. The molecular weight excluding hydrogens is 218 g/mol. The van der Waals surface area contributed by atoms with Crippen LogP contribution in [0.4, 0.5) is 5.69 Å². The van der Waals surface area contributed by atoms with Gasteiger partial charge in [-0.2, -0.15) is 0 Å². The van der Waals surface area contributed by atoms with Crippen molar-refractivity contribution in [2.45, 2.75) is 6.42 Å². The molecule has 5 nitrogen and oxygen atoms in total. The van der Waals surface area contributed by atoms with E-state index in [-0.39, 0.29) is 6.42 Å². The van der Waals surface area contributed by atoms with Gasteiger partial charge in [-0.25, -0.2) is 8.42 Å². The highest BCUT2D eigenvalue weighted by atomic mass is 32.2. The molecule has 0 aliphatic rings. The molecule has 2 N–H and O–H groups in total. The Hall–Kier alpha value is -1.56. The first-order valence-electron chi connectivity index (χ1n) is 4.15. The Morgan fingerprint density at radius 2 is 1.87 bits per heavy atom. The first-order chi connectivity index (χ1) is 6.87. The maximum absolute atomic E-state index is 10.9. The third-order valence-electron chi connectivity index (χ3n) is 1.61. The van der Waals surface area contributed by atoms with Crippen molar-refractivity contribution in [1.82, 2.24) is 0 Å². The van der Waals surface area contributed by atoms with Crippen LogP contribution in [0.1, 0.15) is 5.56 Å². The fourth-order valence-electron chi connectivity index (χ4n) is 1.08. The number of benzene rings is 1. The summed E-state index contributed by atoms with van der Waals surface area (Å²) in [7, 11) is -3.28. The van der Waals surface area contributed by atoms with Crippen LogP contribution in [0.2, 0.25) is 0 Å². The Bertz CT molecular complexity index is 450. The summed E-state index contributed by atoms with van der Waals surface area (Å²) >= 11 is 0. The summed E-state index contributed by atoms with van der Waals surface area (Å²) in [6.45, 7) is 0. The van der Waals surface area contributed by atoms with E-state index in [4.69, 9.17) is 5.11 Å². The Morgan fingerprint density at radius 1 is 1.33 bits per heavy atom. The second kappa shape index (κ2) is 4.31. The van der Waals surface area contributed by atoms with Gasteiger partial charge in [-0.3, -0.25) is 9.52 Å². The third kappa shape index (κ3) is 4.46. The monoisotopic (exact) mass is 229 g/mol. The van der Waals surface area contributed by atoms with E-state index in [0.717, 1.165) is 6.26 Å². The van der Waals surface area contributed by atoms with E-state index in [1.807, 2.05) is 0 Å². The summed E-state index contributed by atoms with van der Waals surface area (Å²) in [5.41, 5.74) is 1.05. The molecule has 0 saturated carbocycles. The maximum atomic E-state index is 10.9. The lowest BCUT2D eigenvalue weighted by Gasteiger charge is -2.04. The smallest absolute Gasteiger partial charge is 0.307 e. The van der Waals surface area contributed by atoms with Crippen LogP contribution in [-0.4, -0.2) is 25.7 Å². The SMILES string of the molecule is CS(=O)(=O)Nc1ccc(CC(=O)O)cc1. The molecule has 0 atom stereocenters. The van der Waals surface area contributed by atoms with Crippen molar-refractivity contribution in [3.63, 3.8) is 0 Å². The molecule has 6 heteroatoms. The minimum Gasteiger partial charge on any atom is -0.481 e. The van der Waals surface area contributed by atoms with Crippen LogP contribution in [0, 0.1) is 0 Å². The van der Waals surface area contributed by atoms with Crippen molar-refractivity contribution in [3.8, 4) is 0 Å². The molecule has 0 fully saturated rings. The van der Waals surface area contributed by atoms with Gasteiger partial charge in [0.25, 0.3) is 0 Å². The van der Waals surface area contributed by atoms with Gasteiger partial charge in [0.15, 0.2) is 0 Å². The number of anilines is 1. The van der Waals surface area contributed by atoms with Gasteiger partial charge in [-0.1, -0.05) is 12.1 Å². The average Bonchev–Trinajstić information content (AvgIpc) is 2.05. The van der Waals surface area contributed by atoms with Crippen LogP contribution in [0.15, 0.2) is 24.3 Å². The van der Waals surface area contributed by atoms with E-state index in [0.29, 0.717) is 11.3 Å². The van der Waals surface area contributed by atoms with E-state index in [2.05, 4.69) is 4.72 Å². The summed E-state index contributed by atoms with van der Waals surface area (Å²) in [6.07, 6.45) is 0.983. The van der Waals surface area contributed by atoms with E-state index in [1.165, 1.54) is 12.1 Å². The first kappa shape index (κ1) is 11.5. The van der Waals surface area contributed by atoms with Gasteiger partial charge in [0.05, 0.1) is 12.7 Å². The number of aliphatic carboxylic acids is 1. The molecule has 1 aromatic carbocycles. The standard InChI is InChI=1S/C9H11NO4S/c1-15(13,14)10-8-4-2-7(3-5-8)6-9(11)12/h2-5,10H,6H2,1H3,(H,11,12). The number of rotatable bonds is 4. The number of nitrogens with one attached hydrogen (secondary N) is 1. The van der Waals surface area contributed by atoms with Crippen molar-refractivity contribution in [3.05, 3.63) is 29.8 Å². The molecule has 0 radical (unpaired) electrons. The summed E-state index contributed by atoms with van der Waals surface area (Å²) in [5.74, 6) is -0.918. The van der Waals surface area contributed by atoms with E-state index >= 15 is 0 Å². The molecule has 0 unspecified atom stereocenters. The van der Waals surface area contributed by atoms with Crippen LogP contribution in [0.25, 0.3) is 0 Å². The summed E-state index contributed by atoms with van der Waals surface area (Å²) in [6, 6.07) is 6.20. The topological polar surface area (TPSA) is 83.5 Å². The summed E-state index contributed by atoms with van der Waals surface area (Å²) in [5, 5.41) is 8.51. The lowest BCUT2D eigenvalue weighted by molar-refractivity contribution is -0.136. The Morgan fingerprint density at radius 3 is 2.27 bits per heavy atom. The average molecular weight is 229 g/mol. The van der Waals surface area contributed by atoms with E-state index < -0.39 is 16.0 Å². The van der Waals surface area contributed by atoms with Crippen LogP contribution < -0.4 is 4.72 Å². The van der Waals surface area contributed by atoms with Gasteiger partial charge in [-0.05, 0) is 17.7 Å². The van der Waals surface area contributed by atoms with Gasteiger partial charge in [-0.15, -0.1) is 0 Å². The maximum Gasteiger partial charge on any atom is 0.307 e. The zero-order valence-corrected chi connectivity index (χ0v) is 8.91. The molecule has 1 rings (SSSR count). The van der Waals surface area contributed by atoms with Gasteiger partial charge < -0.3 is 5.11 Å². The molecule has 0 aliphatic carbocycles. The number of carboxylic acids is 1. The lowest BCUT2D eigenvalue weighted by Crippen LogP contribution is -2.09. The van der Waals surface area contributed by atoms with Gasteiger partial charge in [0.1, 0.15) is 0 Å². The van der Waals surface area contributed by atoms with Crippen molar-refractivity contribution in [2.24, 2.45) is 0 Å². The summed E-state index contributed by atoms with van der Waals surface area (Å²) in [4.78, 5) is 10.4. The zero-order chi connectivity index (χ0) is 11.5. The molecule has 0 spiro atoms. The highest BCUT2D eigenvalue weighted by Crippen LogP contribution is 2.11. The largest absolute Gasteiger partial charge is 0.481 e. The van der Waals surface area contributed by atoms with Crippen molar-refractivity contribution in [1.29, 1.82) is 0 Å². The molecule has 0 saturated heterocycles. The third-order valence-corrected chi connectivity index (χ3v) is 2.22. The molecule has 82 valence electrons. The van der Waals surface area contributed by atoms with Crippen LogP contribution >= 0.6 is 0 Å². The fourth-order valence-corrected chi connectivity index (χ4v) is 1.64.